The van der Waals surface area contributed by atoms with Gasteiger partial charge >= 0.3 is 0 Å². The molecule has 0 aliphatic heterocycles. The molecular weight excluding hydrogens is 244 g/mol. The molecule has 2 aromatic rings. The van der Waals surface area contributed by atoms with Crippen molar-refractivity contribution in [3.8, 4) is 0 Å². The van der Waals surface area contributed by atoms with Crippen LogP contribution in [0.15, 0.2) is 18.2 Å². The molecule has 1 aromatic carbocycles. The molecule has 1 aliphatic carbocycles. The average Bonchev–Trinajstić information content (AvgIpc) is 3.07. The summed E-state index contributed by atoms with van der Waals surface area (Å²) in [6.07, 6.45) is 4.04. The van der Waals surface area contributed by atoms with E-state index in [9.17, 15) is 0 Å². The fourth-order valence-corrected chi connectivity index (χ4v) is 2.97. The Morgan fingerprint density at radius 1 is 1.44 bits per heavy atom. The van der Waals surface area contributed by atoms with Gasteiger partial charge in [0.15, 0.2) is 0 Å². The Hall–Kier alpha value is -1.02. The minimum atomic E-state index is 0.489. The third-order valence-corrected chi connectivity index (χ3v) is 4.09. The van der Waals surface area contributed by atoms with Gasteiger partial charge in [-0.1, -0.05) is 18.9 Å². The molecule has 2 nitrogen and oxygen atoms in total. The van der Waals surface area contributed by atoms with E-state index >= 15 is 0 Å². The van der Waals surface area contributed by atoms with Gasteiger partial charge in [-0.05, 0) is 43.9 Å². The highest BCUT2D eigenvalue weighted by Gasteiger charge is 2.26. The molecule has 1 heterocycles. The lowest BCUT2D eigenvalue weighted by molar-refractivity contribution is 0.477. The average molecular weight is 263 g/mol. The van der Waals surface area contributed by atoms with Crippen molar-refractivity contribution in [3.63, 3.8) is 0 Å². The lowest BCUT2D eigenvalue weighted by atomic mass is 10.1. The summed E-state index contributed by atoms with van der Waals surface area (Å²) >= 11 is 6.06. The zero-order chi connectivity index (χ0) is 12.7. The fraction of sp³-hybridized carbons (Fsp3) is 0.533. The lowest BCUT2D eigenvalue weighted by Crippen LogP contribution is -2.09. The zero-order valence-corrected chi connectivity index (χ0v) is 11.7. The number of fused-ring (bicyclic) bond motifs is 1. The maximum atomic E-state index is 6.06. The molecule has 1 aromatic heterocycles. The second-order valence-corrected chi connectivity index (χ2v) is 5.82. The maximum absolute atomic E-state index is 6.06. The van der Waals surface area contributed by atoms with Crippen molar-refractivity contribution in [1.29, 1.82) is 0 Å². The Morgan fingerprint density at radius 2 is 2.22 bits per heavy atom. The molecule has 96 valence electrons. The molecule has 0 amide bonds. The van der Waals surface area contributed by atoms with Gasteiger partial charge in [0, 0.05) is 6.04 Å². The van der Waals surface area contributed by atoms with Crippen molar-refractivity contribution in [2.75, 3.05) is 0 Å². The largest absolute Gasteiger partial charge is 0.324 e. The standard InChI is InChI=1S/C15H19ClN2/c1-10-3-6-14-13(7-10)17-15(9-16)18(14)11(2)8-12-4-5-12/h3,6-7,11-12H,4-5,8-9H2,1-2H3. The summed E-state index contributed by atoms with van der Waals surface area (Å²) in [6, 6.07) is 6.98. The molecule has 1 saturated carbocycles. The minimum absolute atomic E-state index is 0.489. The quantitative estimate of drug-likeness (QED) is 0.745. The Bertz CT molecular complexity index is 569. The summed E-state index contributed by atoms with van der Waals surface area (Å²) in [5.41, 5.74) is 3.56. The first kappa shape index (κ1) is 12.0. The number of nitrogens with zero attached hydrogens (tertiary/aromatic N) is 2. The van der Waals surface area contributed by atoms with Crippen LogP contribution in [0.5, 0.6) is 0 Å². The van der Waals surface area contributed by atoms with Crippen molar-refractivity contribution in [1.82, 2.24) is 9.55 Å². The van der Waals surface area contributed by atoms with E-state index in [1.807, 2.05) is 0 Å². The molecule has 0 radical (unpaired) electrons. The Balaban J connectivity index is 2.06. The van der Waals surface area contributed by atoms with Crippen LogP contribution in [-0.4, -0.2) is 9.55 Å². The van der Waals surface area contributed by atoms with Crippen LogP contribution in [0.1, 0.15) is 43.6 Å². The molecule has 1 fully saturated rings. The summed E-state index contributed by atoms with van der Waals surface area (Å²) in [6.45, 7) is 4.39. The van der Waals surface area contributed by atoms with Crippen LogP contribution in [0.25, 0.3) is 11.0 Å². The second kappa shape index (κ2) is 4.58. The van der Waals surface area contributed by atoms with Crippen LogP contribution in [0.3, 0.4) is 0 Å². The molecule has 0 N–H and O–H groups in total. The number of rotatable bonds is 4. The van der Waals surface area contributed by atoms with Gasteiger partial charge in [0.2, 0.25) is 0 Å². The molecule has 3 heteroatoms. The molecule has 0 spiro atoms. The normalized spacial score (nSPS) is 17.3. The van der Waals surface area contributed by atoms with Gasteiger partial charge in [-0.15, -0.1) is 11.6 Å². The van der Waals surface area contributed by atoms with Crippen LogP contribution in [0.2, 0.25) is 0 Å². The molecule has 0 bridgehead atoms. The Kier molecular flexibility index (Phi) is 3.06. The first-order valence-corrected chi connectivity index (χ1v) is 7.26. The van der Waals surface area contributed by atoms with Crippen molar-refractivity contribution in [2.24, 2.45) is 5.92 Å². The molecule has 0 saturated heterocycles. The third kappa shape index (κ3) is 2.14. The highest BCUT2D eigenvalue weighted by atomic mass is 35.5. The fourth-order valence-electron chi connectivity index (χ4n) is 2.79. The SMILES string of the molecule is Cc1ccc2c(c1)nc(CCl)n2C(C)CC1CC1. The smallest absolute Gasteiger partial charge is 0.125 e. The zero-order valence-electron chi connectivity index (χ0n) is 11.0. The van der Waals surface area contributed by atoms with Crippen LogP contribution in [0, 0.1) is 12.8 Å². The summed E-state index contributed by atoms with van der Waals surface area (Å²) in [4.78, 5) is 4.67. The van der Waals surface area contributed by atoms with E-state index in [4.69, 9.17) is 11.6 Å². The van der Waals surface area contributed by atoms with Gasteiger partial charge in [-0.3, -0.25) is 0 Å². The number of aryl methyl sites for hydroxylation is 1. The third-order valence-electron chi connectivity index (χ3n) is 3.85. The van der Waals surface area contributed by atoms with Crippen molar-refractivity contribution < 1.29 is 0 Å². The van der Waals surface area contributed by atoms with Gasteiger partial charge in [-0.25, -0.2) is 4.98 Å². The van der Waals surface area contributed by atoms with Gasteiger partial charge in [0.05, 0.1) is 16.9 Å². The number of aromatic nitrogens is 2. The van der Waals surface area contributed by atoms with Gasteiger partial charge < -0.3 is 4.57 Å². The maximum Gasteiger partial charge on any atom is 0.125 e. The Labute approximate surface area is 113 Å². The van der Waals surface area contributed by atoms with Crippen LogP contribution in [-0.2, 0) is 5.88 Å². The highest BCUT2D eigenvalue weighted by Crippen LogP contribution is 2.38. The van der Waals surface area contributed by atoms with E-state index in [2.05, 4.69) is 41.6 Å². The predicted molar refractivity (Wildman–Crippen MR) is 76.1 cm³/mol. The van der Waals surface area contributed by atoms with Gasteiger partial charge in [0.1, 0.15) is 5.82 Å². The number of hydrogen-bond donors (Lipinski definition) is 0. The van der Waals surface area contributed by atoms with E-state index in [1.165, 1.54) is 30.3 Å². The Morgan fingerprint density at radius 3 is 2.89 bits per heavy atom. The summed E-state index contributed by atoms with van der Waals surface area (Å²) in [5, 5.41) is 0. The van der Waals surface area contributed by atoms with Crippen molar-refractivity contribution in [3.05, 3.63) is 29.6 Å². The minimum Gasteiger partial charge on any atom is -0.324 e. The first-order chi connectivity index (χ1) is 8.69. The summed E-state index contributed by atoms with van der Waals surface area (Å²) < 4.78 is 2.33. The van der Waals surface area contributed by atoms with E-state index in [1.54, 1.807) is 0 Å². The molecule has 1 unspecified atom stereocenters. The van der Waals surface area contributed by atoms with Gasteiger partial charge in [0.25, 0.3) is 0 Å². The number of alkyl halides is 1. The topological polar surface area (TPSA) is 17.8 Å². The van der Waals surface area contributed by atoms with Crippen LogP contribution >= 0.6 is 11.6 Å². The molecular formula is C15H19ClN2. The van der Waals surface area contributed by atoms with Gasteiger partial charge in [-0.2, -0.15) is 0 Å². The molecule has 1 aliphatic rings. The molecule has 3 rings (SSSR count). The number of benzene rings is 1. The van der Waals surface area contributed by atoms with E-state index in [0.717, 1.165) is 17.3 Å². The molecule has 1 atom stereocenters. The van der Waals surface area contributed by atoms with Crippen molar-refractivity contribution >= 4 is 22.6 Å². The van der Waals surface area contributed by atoms with E-state index < -0.39 is 0 Å². The van der Waals surface area contributed by atoms with E-state index in [0.29, 0.717) is 11.9 Å². The van der Waals surface area contributed by atoms with Crippen LogP contribution < -0.4 is 0 Å². The lowest BCUT2D eigenvalue weighted by Gasteiger charge is -2.16. The number of imidazole rings is 1. The number of hydrogen-bond acceptors (Lipinski definition) is 1. The second-order valence-electron chi connectivity index (χ2n) is 5.55. The first-order valence-electron chi connectivity index (χ1n) is 6.72. The van der Waals surface area contributed by atoms with Crippen molar-refractivity contribution in [2.45, 2.75) is 45.0 Å². The predicted octanol–water partition coefficient (Wildman–Crippen LogP) is 4.44. The summed E-state index contributed by atoms with van der Waals surface area (Å²) in [5.74, 6) is 2.42. The molecule has 18 heavy (non-hydrogen) atoms. The van der Waals surface area contributed by atoms with E-state index in [-0.39, 0.29) is 0 Å². The van der Waals surface area contributed by atoms with Crippen LogP contribution in [0.4, 0.5) is 0 Å². The highest BCUT2D eigenvalue weighted by molar-refractivity contribution is 6.16. The number of halogens is 1. The monoisotopic (exact) mass is 262 g/mol. The summed E-state index contributed by atoms with van der Waals surface area (Å²) in [7, 11) is 0.